The Labute approximate surface area is 81.4 Å². The van der Waals surface area contributed by atoms with E-state index in [-0.39, 0.29) is 24.4 Å². The molecule has 0 spiro atoms. The number of fused-ring (bicyclic) bond motifs is 2. The van der Waals surface area contributed by atoms with Crippen molar-refractivity contribution >= 4 is 0 Å². The second-order valence-electron chi connectivity index (χ2n) is 5.05. The van der Waals surface area contributed by atoms with Crippen LogP contribution in [0.4, 0.5) is 0 Å². The van der Waals surface area contributed by atoms with E-state index in [1.165, 1.54) is 0 Å². The molecular formula is C10H12O4. The van der Waals surface area contributed by atoms with E-state index in [0.29, 0.717) is 24.0 Å². The second kappa shape index (κ2) is 2.02. The molecule has 76 valence electrons. The molecule has 14 heavy (non-hydrogen) atoms. The predicted octanol–water partition coefficient (Wildman–Crippen LogP) is -0.435. The van der Waals surface area contributed by atoms with Crippen LogP contribution in [0.1, 0.15) is 0 Å². The smallest absolute Gasteiger partial charge is 0.115 e. The molecule has 8 bridgehead atoms. The summed E-state index contributed by atoms with van der Waals surface area (Å²) in [7, 11) is 0. The summed E-state index contributed by atoms with van der Waals surface area (Å²) in [6.45, 7) is 1.66. The van der Waals surface area contributed by atoms with Crippen LogP contribution in [0, 0.1) is 11.8 Å². The van der Waals surface area contributed by atoms with Crippen molar-refractivity contribution in [1.29, 1.82) is 0 Å². The third-order valence-electron chi connectivity index (χ3n) is 4.57. The molecule has 4 aliphatic heterocycles. The monoisotopic (exact) mass is 196 g/mol. The van der Waals surface area contributed by atoms with Gasteiger partial charge in [-0.1, -0.05) is 0 Å². The minimum absolute atomic E-state index is 0.150. The largest absolute Gasteiger partial charge is 0.372 e. The molecule has 6 aliphatic rings. The van der Waals surface area contributed by atoms with Gasteiger partial charge in [-0.3, -0.25) is 0 Å². The molecular weight excluding hydrogens is 184 g/mol. The molecule has 0 unspecified atom stereocenters. The van der Waals surface area contributed by atoms with Gasteiger partial charge in [0.2, 0.25) is 0 Å². The first kappa shape index (κ1) is 7.17. The lowest BCUT2D eigenvalue weighted by atomic mass is 9.68. The SMILES string of the molecule is C1OC2C3OC4C1C1OC2C3OCC41. The maximum atomic E-state index is 6.07. The molecule has 4 heteroatoms. The average Bonchev–Trinajstić information content (AvgIpc) is 2.48. The van der Waals surface area contributed by atoms with Gasteiger partial charge < -0.3 is 18.9 Å². The number of rotatable bonds is 0. The van der Waals surface area contributed by atoms with Crippen molar-refractivity contribution in [2.75, 3.05) is 13.2 Å². The molecule has 4 saturated heterocycles. The van der Waals surface area contributed by atoms with Crippen molar-refractivity contribution in [3.8, 4) is 0 Å². The van der Waals surface area contributed by atoms with Gasteiger partial charge in [0.1, 0.15) is 24.4 Å². The summed E-state index contributed by atoms with van der Waals surface area (Å²) in [5.41, 5.74) is 0. The highest BCUT2D eigenvalue weighted by molar-refractivity contribution is 5.16. The van der Waals surface area contributed by atoms with E-state index in [4.69, 9.17) is 18.9 Å². The Balaban J connectivity index is 1.70. The topological polar surface area (TPSA) is 36.9 Å². The Kier molecular flexibility index (Phi) is 1.04. The molecule has 2 aliphatic carbocycles. The first-order valence-electron chi connectivity index (χ1n) is 5.47. The van der Waals surface area contributed by atoms with Crippen LogP contribution in [0.5, 0.6) is 0 Å². The summed E-state index contributed by atoms with van der Waals surface area (Å²) in [6.07, 6.45) is 1.30. The molecule has 0 aromatic heterocycles. The van der Waals surface area contributed by atoms with Gasteiger partial charge in [-0.15, -0.1) is 0 Å². The third kappa shape index (κ3) is 0.560. The third-order valence-corrected chi connectivity index (χ3v) is 4.57. The summed E-state index contributed by atoms with van der Waals surface area (Å²) in [5, 5.41) is 0. The Morgan fingerprint density at radius 3 is 1.57 bits per heavy atom. The highest BCUT2D eigenvalue weighted by atomic mass is 16.7. The average molecular weight is 196 g/mol. The minimum atomic E-state index is 0.150. The summed E-state index contributed by atoms with van der Waals surface area (Å²) in [5.74, 6) is 0.945. The van der Waals surface area contributed by atoms with E-state index in [0.717, 1.165) is 13.2 Å². The van der Waals surface area contributed by atoms with E-state index in [9.17, 15) is 0 Å². The van der Waals surface area contributed by atoms with Crippen molar-refractivity contribution in [3.05, 3.63) is 0 Å². The van der Waals surface area contributed by atoms with E-state index in [2.05, 4.69) is 0 Å². The zero-order chi connectivity index (χ0) is 8.86. The molecule has 0 amide bonds. The number of ether oxygens (including phenoxy) is 4. The van der Waals surface area contributed by atoms with Crippen molar-refractivity contribution in [1.82, 2.24) is 0 Å². The summed E-state index contributed by atoms with van der Waals surface area (Å²) in [4.78, 5) is 0. The summed E-state index contributed by atoms with van der Waals surface area (Å²) < 4.78 is 23.8. The fourth-order valence-corrected chi connectivity index (χ4v) is 3.75. The van der Waals surface area contributed by atoms with Crippen LogP contribution >= 0.6 is 0 Å². The van der Waals surface area contributed by atoms with Gasteiger partial charge in [-0.05, 0) is 0 Å². The highest BCUT2D eigenvalue weighted by Gasteiger charge is 2.70. The summed E-state index contributed by atoms with van der Waals surface area (Å²) >= 11 is 0. The van der Waals surface area contributed by atoms with E-state index >= 15 is 0 Å². The minimum Gasteiger partial charge on any atom is -0.372 e. The van der Waals surface area contributed by atoms with Crippen LogP contribution in [0.15, 0.2) is 0 Å². The van der Waals surface area contributed by atoms with Gasteiger partial charge in [0.15, 0.2) is 0 Å². The molecule has 6 rings (SSSR count). The lowest BCUT2D eigenvalue weighted by Gasteiger charge is -2.54. The Morgan fingerprint density at radius 2 is 1.07 bits per heavy atom. The van der Waals surface area contributed by atoms with Crippen molar-refractivity contribution in [2.45, 2.75) is 36.6 Å². The lowest BCUT2D eigenvalue weighted by molar-refractivity contribution is -0.307. The molecule has 6 fully saturated rings. The maximum absolute atomic E-state index is 6.07. The first-order chi connectivity index (χ1) is 6.93. The Hall–Kier alpha value is -0.160. The molecule has 0 aromatic carbocycles. The maximum Gasteiger partial charge on any atom is 0.115 e. The van der Waals surface area contributed by atoms with Crippen LogP contribution in [-0.2, 0) is 18.9 Å². The normalized spacial score (nSPS) is 72.0. The van der Waals surface area contributed by atoms with Crippen molar-refractivity contribution in [2.24, 2.45) is 11.8 Å². The highest BCUT2D eigenvalue weighted by Crippen LogP contribution is 2.54. The van der Waals surface area contributed by atoms with E-state index in [1.54, 1.807) is 0 Å². The van der Waals surface area contributed by atoms with Gasteiger partial charge in [0, 0.05) is 11.8 Å². The van der Waals surface area contributed by atoms with Crippen molar-refractivity contribution in [3.63, 3.8) is 0 Å². The second-order valence-corrected chi connectivity index (χ2v) is 5.05. The van der Waals surface area contributed by atoms with E-state index in [1.807, 2.05) is 0 Å². The molecule has 0 N–H and O–H groups in total. The molecule has 0 aromatic rings. The quantitative estimate of drug-likeness (QED) is 0.526. The van der Waals surface area contributed by atoms with E-state index < -0.39 is 0 Å². The molecule has 2 saturated carbocycles. The Morgan fingerprint density at radius 1 is 0.571 bits per heavy atom. The van der Waals surface area contributed by atoms with Crippen LogP contribution in [0.2, 0.25) is 0 Å². The molecule has 4 heterocycles. The molecule has 4 nitrogen and oxygen atoms in total. The van der Waals surface area contributed by atoms with Gasteiger partial charge in [0.25, 0.3) is 0 Å². The molecule has 0 radical (unpaired) electrons. The zero-order valence-corrected chi connectivity index (χ0v) is 7.67. The summed E-state index contributed by atoms with van der Waals surface area (Å²) in [6, 6.07) is 0. The van der Waals surface area contributed by atoms with Gasteiger partial charge >= 0.3 is 0 Å². The first-order valence-corrected chi connectivity index (χ1v) is 5.47. The Bertz CT molecular complexity index is 232. The predicted molar refractivity (Wildman–Crippen MR) is 43.8 cm³/mol. The lowest BCUT2D eigenvalue weighted by Crippen LogP contribution is -2.70. The van der Waals surface area contributed by atoms with Gasteiger partial charge in [0.05, 0.1) is 25.4 Å². The number of hydrogen-bond donors (Lipinski definition) is 0. The zero-order valence-electron chi connectivity index (χ0n) is 7.67. The molecule has 0 atom stereocenters. The van der Waals surface area contributed by atoms with Crippen LogP contribution in [0.3, 0.4) is 0 Å². The van der Waals surface area contributed by atoms with Gasteiger partial charge in [-0.2, -0.15) is 0 Å². The number of hydrogen-bond acceptors (Lipinski definition) is 4. The fraction of sp³-hybridized carbons (Fsp3) is 1.00. The standard InChI is InChI=1S/C10H12O4/c1-3-5-4-2-12-8-9(13-5)7(11-1)10(8)14-6(3)4/h3-10H,1-2H2. The van der Waals surface area contributed by atoms with Gasteiger partial charge in [-0.25, -0.2) is 0 Å². The van der Waals surface area contributed by atoms with Crippen LogP contribution in [-0.4, -0.2) is 49.8 Å². The van der Waals surface area contributed by atoms with Crippen molar-refractivity contribution < 1.29 is 18.9 Å². The fourth-order valence-electron chi connectivity index (χ4n) is 3.75. The van der Waals surface area contributed by atoms with Crippen LogP contribution < -0.4 is 0 Å². The van der Waals surface area contributed by atoms with Crippen LogP contribution in [0.25, 0.3) is 0 Å².